The van der Waals surface area contributed by atoms with Gasteiger partial charge < -0.3 is 4.74 Å². The summed E-state index contributed by atoms with van der Waals surface area (Å²) in [4.78, 5) is 16.4. The van der Waals surface area contributed by atoms with E-state index in [2.05, 4.69) is 17.6 Å². The van der Waals surface area contributed by atoms with Crippen molar-refractivity contribution in [3.8, 4) is 5.75 Å². The first-order chi connectivity index (χ1) is 9.24. The van der Waals surface area contributed by atoms with Crippen molar-refractivity contribution in [2.24, 2.45) is 0 Å². The van der Waals surface area contributed by atoms with Crippen LogP contribution in [0.4, 0.5) is 0 Å². The molecule has 0 N–H and O–H groups in total. The quantitative estimate of drug-likeness (QED) is 0.442. The molecular weight excluding hydrogens is 278 g/mol. The van der Waals surface area contributed by atoms with Crippen LogP contribution in [0.2, 0.25) is 0 Å². The molecule has 94 valence electrons. The van der Waals surface area contributed by atoms with Gasteiger partial charge in [0.15, 0.2) is 0 Å². The van der Waals surface area contributed by atoms with Crippen LogP contribution in [-0.2, 0) is 0 Å². The number of fused-ring (bicyclic) bond motifs is 1. The van der Waals surface area contributed by atoms with E-state index in [1.54, 1.807) is 18.2 Å². The number of thiol groups is 1. The maximum absolute atomic E-state index is 12.2. The van der Waals surface area contributed by atoms with Crippen LogP contribution in [-0.4, -0.2) is 11.0 Å². The third-order valence-electron chi connectivity index (χ3n) is 2.58. The van der Waals surface area contributed by atoms with Crippen LogP contribution >= 0.6 is 24.0 Å². The number of carbonyl (C=O) groups is 1. The Balaban J connectivity index is 1.98. The smallest absolute Gasteiger partial charge is 0.345 e. The maximum Gasteiger partial charge on any atom is 0.345 e. The normalized spacial score (nSPS) is 10.6. The number of hydrogen-bond acceptors (Lipinski definition) is 5. The molecule has 0 radical (unpaired) electrons. The Bertz CT molecular complexity index is 738. The van der Waals surface area contributed by atoms with Crippen LogP contribution < -0.4 is 4.74 Å². The zero-order chi connectivity index (χ0) is 13.2. The molecule has 0 fully saturated rings. The van der Waals surface area contributed by atoms with Gasteiger partial charge in [-0.05, 0) is 24.3 Å². The van der Waals surface area contributed by atoms with Crippen molar-refractivity contribution in [3.63, 3.8) is 0 Å². The van der Waals surface area contributed by atoms with Crippen LogP contribution in [0.15, 0.2) is 52.9 Å². The average Bonchev–Trinajstić information content (AvgIpc) is 2.79. The topological polar surface area (TPSA) is 39.2 Å². The molecule has 0 aliphatic rings. The summed E-state index contributed by atoms with van der Waals surface area (Å²) in [7, 11) is 0. The number of aromatic nitrogens is 1. The molecule has 1 aromatic heterocycles. The lowest BCUT2D eigenvalue weighted by molar-refractivity contribution is 0.0736. The van der Waals surface area contributed by atoms with Gasteiger partial charge in [0.25, 0.3) is 0 Å². The number of thiazole rings is 1. The number of ether oxygens (including phenoxy) is 1. The van der Waals surface area contributed by atoms with Gasteiger partial charge in [-0.25, -0.2) is 9.78 Å². The van der Waals surface area contributed by atoms with Gasteiger partial charge in [0, 0.05) is 0 Å². The first-order valence-electron chi connectivity index (χ1n) is 5.60. The highest BCUT2D eigenvalue weighted by Gasteiger charge is 2.15. The fourth-order valence-electron chi connectivity index (χ4n) is 1.75. The number of para-hydroxylation sites is 2. The summed E-state index contributed by atoms with van der Waals surface area (Å²) in [6, 6.07) is 14.4. The number of carbonyl (C=O) groups excluding carboxylic acids is 1. The first-order valence-corrected chi connectivity index (χ1v) is 6.86. The molecule has 5 heteroatoms. The van der Waals surface area contributed by atoms with E-state index in [4.69, 9.17) is 4.74 Å². The summed E-state index contributed by atoms with van der Waals surface area (Å²) in [5.74, 6) is 0.112. The first kappa shape index (κ1) is 12.2. The Morgan fingerprint density at radius 3 is 2.68 bits per heavy atom. The summed E-state index contributed by atoms with van der Waals surface area (Å²) >= 11 is 5.65. The van der Waals surface area contributed by atoms with E-state index in [1.165, 1.54) is 11.3 Å². The zero-order valence-electron chi connectivity index (χ0n) is 9.74. The zero-order valence-corrected chi connectivity index (χ0v) is 11.4. The standard InChI is InChI=1S/C14H9NO2S2/c16-13(17-9-5-2-1-3-6-9)10-7-4-8-11-12(10)15-14(18)19-11/h1-8H,(H,15,18). The lowest BCUT2D eigenvalue weighted by Gasteiger charge is -2.04. The highest BCUT2D eigenvalue weighted by atomic mass is 32.2. The van der Waals surface area contributed by atoms with Crippen molar-refractivity contribution in [2.45, 2.75) is 4.34 Å². The summed E-state index contributed by atoms with van der Waals surface area (Å²) in [6.07, 6.45) is 0. The Morgan fingerprint density at radius 2 is 1.89 bits per heavy atom. The van der Waals surface area contributed by atoms with Crippen molar-refractivity contribution < 1.29 is 9.53 Å². The van der Waals surface area contributed by atoms with E-state index in [0.29, 0.717) is 21.2 Å². The van der Waals surface area contributed by atoms with Crippen LogP contribution in [0.25, 0.3) is 10.2 Å². The van der Waals surface area contributed by atoms with Crippen molar-refractivity contribution in [1.82, 2.24) is 4.98 Å². The van der Waals surface area contributed by atoms with Crippen LogP contribution in [0.5, 0.6) is 5.75 Å². The third-order valence-corrected chi connectivity index (χ3v) is 3.78. The molecule has 0 aliphatic heterocycles. The van der Waals surface area contributed by atoms with Gasteiger partial charge in [0.05, 0.1) is 15.8 Å². The number of esters is 1. The highest BCUT2D eigenvalue weighted by Crippen LogP contribution is 2.27. The summed E-state index contributed by atoms with van der Waals surface area (Å²) in [5, 5.41) is 0. The molecule has 3 nitrogen and oxygen atoms in total. The molecule has 2 aromatic carbocycles. The molecule has 0 atom stereocenters. The molecule has 0 saturated heterocycles. The van der Waals surface area contributed by atoms with Crippen molar-refractivity contribution in [3.05, 3.63) is 54.1 Å². The van der Waals surface area contributed by atoms with E-state index in [0.717, 1.165) is 4.70 Å². The average molecular weight is 287 g/mol. The van der Waals surface area contributed by atoms with Gasteiger partial charge >= 0.3 is 5.97 Å². The second-order valence-corrected chi connectivity index (χ2v) is 5.61. The predicted molar refractivity (Wildman–Crippen MR) is 78.3 cm³/mol. The van der Waals surface area contributed by atoms with Gasteiger partial charge in [-0.1, -0.05) is 24.3 Å². The lowest BCUT2D eigenvalue weighted by Crippen LogP contribution is -2.08. The maximum atomic E-state index is 12.2. The van der Waals surface area contributed by atoms with E-state index >= 15 is 0 Å². The number of hydrogen-bond donors (Lipinski definition) is 1. The Morgan fingerprint density at radius 1 is 1.11 bits per heavy atom. The largest absolute Gasteiger partial charge is 0.423 e. The second kappa shape index (κ2) is 5.03. The molecule has 19 heavy (non-hydrogen) atoms. The minimum Gasteiger partial charge on any atom is -0.423 e. The van der Waals surface area contributed by atoms with Gasteiger partial charge in [-0.2, -0.15) is 0 Å². The lowest BCUT2D eigenvalue weighted by atomic mass is 10.2. The van der Waals surface area contributed by atoms with Crippen molar-refractivity contribution in [2.75, 3.05) is 0 Å². The molecule has 3 rings (SSSR count). The third kappa shape index (κ3) is 2.47. The van der Waals surface area contributed by atoms with E-state index < -0.39 is 5.97 Å². The molecule has 0 spiro atoms. The Kier molecular flexibility index (Phi) is 3.23. The van der Waals surface area contributed by atoms with Gasteiger partial charge in [-0.15, -0.1) is 24.0 Å². The Labute approximate surface area is 119 Å². The Hall–Kier alpha value is -1.85. The van der Waals surface area contributed by atoms with Gasteiger partial charge in [0.2, 0.25) is 0 Å². The predicted octanol–water partition coefficient (Wildman–Crippen LogP) is 3.80. The van der Waals surface area contributed by atoms with Crippen LogP contribution in [0, 0.1) is 0 Å². The molecule has 0 saturated carbocycles. The van der Waals surface area contributed by atoms with Crippen LogP contribution in [0.1, 0.15) is 10.4 Å². The molecule has 3 aromatic rings. The number of benzene rings is 2. The van der Waals surface area contributed by atoms with Crippen molar-refractivity contribution in [1.29, 1.82) is 0 Å². The molecule has 1 heterocycles. The van der Waals surface area contributed by atoms with Gasteiger partial charge in [0.1, 0.15) is 10.1 Å². The minimum atomic E-state index is -0.407. The van der Waals surface area contributed by atoms with E-state index in [-0.39, 0.29) is 0 Å². The fraction of sp³-hybridized carbons (Fsp3) is 0. The van der Waals surface area contributed by atoms with Gasteiger partial charge in [-0.3, -0.25) is 0 Å². The highest BCUT2D eigenvalue weighted by molar-refractivity contribution is 7.82. The summed E-state index contributed by atoms with van der Waals surface area (Å²) < 4.78 is 6.88. The van der Waals surface area contributed by atoms with Crippen molar-refractivity contribution >= 4 is 40.2 Å². The monoisotopic (exact) mass is 287 g/mol. The summed E-state index contributed by atoms with van der Waals surface area (Å²) in [6.45, 7) is 0. The minimum absolute atomic E-state index is 0.407. The van der Waals surface area contributed by atoms with Crippen LogP contribution in [0.3, 0.4) is 0 Å². The molecule has 0 amide bonds. The molecule has 0 aliphatic carbocycles. The molecule has 0 bridgehead atoms. The fourth-order valence-corrected chi connectivity index (χ4v) is 2.88. The number of nitrogens with zero attached hydrogens (tertiary/aromatic N) is 1. The van der Waals surface area contributed by atoms with E-state index in [1.807, 2.05) is 30.3 Å². The van der Waals surface area contributed by atoms with E-state index in [9.17, 15) is 4.79 Å². The molecule has 0 unspecified atom stereocenters. The summed E-state index contributed by atoms with van der Waals surface area (Å²) in [5.41, 5.74) is 1.09. The molecular formula is C14H9NO2S2. The number of rotatable bonds is 2. The second-order valence-electron chi connectivity index (χ2n) is 3.85. The SMILES string of the molecule is O=C(Oc1ccccc1)c1cccc2sc(S)nc12.